The van der Waals surface area contributed by atoms with Crippen LogP contribution in [0.2, 0.25) is 5.02 Å². The zero-order chi connectivity index (χ0) is 20.5. The Labute approximate surface area is 173 Å². The second kappa shape index (κ2) is 7.85. The fourth-order valence-corrected chi connectivity index (χ4v) is 3.82. The molecule has 2 aliphatic rings. The Morgan fingerprint density at radius 1 is 1.00 bits per heavy atom. The summed E-state index contributed by atoms with van der Waals surface area (Å²) >= 11 is 6.14. The van der Waals surface area contributed by atoms with Crippen molar-refractivity contribution in [1.82, 2.24) is 9.80 Å². The predicted octanol–water partition coefficient (Wildman–Crippen LogP) is 2.33. The van der Waals surface area contributed by atoms with Crippen molar-refractivity contribution in [3.63, 3.8) is 0 Å². The number of halogens is 1. The van der Waals surface area contributed by atoms with Gasteiger partial charge in [-0.15, -0.1) is 0 Å². The first kappa shape index (κ1) is 19.4. The molecule has 0 aliphatic carbocycles. The summed E-state index contributed by atoms with van der Waals surface area (Å²) in [5.74, 6) is -1.35. The highest BCUT2D eigenvalue weighted by Gasteiger charge is 2.36. The summed E-state index contributed by atoms with van der Waals surface area (Å²) in [6, 6.07) is 11.9. The highest BCUT2D eigenvalue weighted by atomic mass is 35.5. The van der Waals surface area contributed by atoms with Crippen molar-refractivity contribution in [3.05, 3.63) is 58.6 Å². The van der Waals surface area contributed by atoms with Crippen LogP contribution in [0.4, 0.5) is 11.4 Å². The molecular weight excluding hydrogens is 392 g/mol. The van der Waals surface area contributed by atoms with Crippen LogP contribution >= 0.6 is 11.6 Å². The quantitative estimate of drug-likeness (QED) is 0.780. The maximum atomic E-state index is 12.7. The molecule has 2 aliphatic heterocycles. The van der Waals surface area contributed by atoms with Gasteiger partial charge in [-0.25, -0.2) is 0 Å². The van der Waals surface area contributed by atoms with Crippen molar-refractivity contribution in [1.29, 1.82) is 0 Å². The van der Waals surface area contributed by atoms with Gasteiger partial charge in [0.25, 0.3) is 11.8 Å². The van der Waals surface area contributed by atoms with Crippen molar-refractivity contribution in [3.8, 4) is 0 Å². The molecule has 1 fully saturated rings. The molecule has 0 aromatic heterocycles. The number of fused-ring (bicyclic) bond motifs is 1. The number of rotatable bonds is 4. The van der Waals surface area contributed by atoms with E-state index in [9.17, 15) is 14.4 Å². The molecule has 3 amide bonds. The minimum Gasteiger partial charge on any atom is -0.367 e. The second-order valence-corrected chi connectivity index (χ2v) is 7.68. The summed E-state index contributed by atoms with van der Waals surface area (Å²) < 4.78 is 0. The van der Waals surface area contributed by atoms with Crippen LogP contribution in [0, 0.1) is 0 Å². The monoisotopic (exact) mass is 412 g/mol. The summed E-state index contributed by atoms with van der Waals surface area (Å²) in [7, 11) is 2.07. The number of benzene rings is 2. The van der Waals surface area contributed by atoms with Gasteiger partial charge in [0.05, 0.1) is 22.5 Å². The highest BCUT2D eigenvalue weighted by Crippen LogP contribution is 2.30. The zero-order valence-electron chi connectivity index (χ0n) is 16.0. The third-order valence-electron chi connectivity index (χ3n) is 5.26. The molecule has 1 saturated heterocycles. The topological polar surface area (TPSA) is 73.0 Å². The zero-order valence-corrected chi connectivity index (χ0v) is 16.8. The van der Waals surface area contributed by atoms with Gasteiger partial charge in [-0.1, -0.05) is 23.7 Å². The lowest BCUT2D eigenvalue weighted by Gasteiger charge is -2.35. The number of likely N-dealkylation sites (N-methyl/N-ethyl adjacent to an activating group) is 1. The summed E-state index contributed by atoms with van der Waals surface area (Å²) in [5, 5.41) is 3.33. The molecule has 7 nitrogen and oxygen atoms in total. The Morgan fingerprint density at radius 3 is 2.24 bits per heavy atom. The van der Waals surface area contributed by atoms with E-state index < -0.39 is 17.7 Å². The lowest BCUT2D eigenvalue weighted by Crippen LogP contribution is -2.45. The Balaban J connectivity index is 1.50. The fourth-order valence-electron chi connectivity index (χ4n) is 3.65. The van der Waals surface area contributed by atoms with E-state index in [2.05, 4.69) is 22.2 Å². The van der Waals surface area contributed by atoms with E-state index >= 15 is 0 Å². The lowest BCUT2D eigenvalue weighted by molar-refractivity contribution is -0.116. The number of anilines is 2. The first-order valence-electron chi connectivity index (χ1n) is 9.42. The van der Waals surface area contributed by atoms with Gasteiger partial charge in [0.2, 0.25) is 5.91 Å². The van der Waals surface area contributed by atoms with Gasteiger partial charge in [0, 0.05) is 31.2 Å². The summed E-state index contributed by atoms with van der Waals surface area (Å²) in [4.78, 5) is 43.1. The number of amides is 3. The maximum Gasteiger partial charge on any atom is 0.262 e. The van der Waals surface area contributed by atoms with Crippen LogP contribution in [0.15, 0.2) is 42.5 Å². The van der Waals surface area contributed by atoms with Crippen molar-refractivity contribution >= 4 is 40.7 Å². The van der Waals surface area contributed by atoms with Crippen LogP contribution in [-0.4, -0.2) is 67.3 Å². The Morgan fingerprint density at radius 2 is 1.62 bits per heavy atom. The number of nitrogens with zero attached hydrogens (tertiary/aromatic N) is 3. The standard InChI is InChI=1S/C21H21ClN4O3/c1-24-8-10-25(11-9-24)18-7-6-14(22)12-17(18)23-19(27)13-26-20(28)15-4-2-3-5-16(15)21(26)29/h2-7,12H,8-11,13H2,1H3,(H,23,27). The minimum atomic E-state index is -0.453. The molecule has 29 heavy (non-hydrogen) atoms. The summed E-state index contributed by atoms with van der Waals surface area (Å²) in [5.41, 5.74) is 2.10. The minimum absolute atomic E-state index is 0.325. The Hall–Kier alpha value is -2.90. The van der Waals surface area contributed by atoms with Gasteiger partial charge in [0.1, 0.15) is 6.54 Å². The molecule has 0 atom stereocenters. The van der Waals surface area contributed by atoms with Crippen molar-refractivity contribution in [2.45, 2.75) is 0 Å². The third kappa shape index (κ3) is 3.83. The number of carbonyl (C=O) groups excluding carboxylic acids is 3. The molecule has 2 heterocycles. The molecule has 2 aromatic rings. The predicted molar refractivity (Wildman–Crippen MR) is 112 cm³/mol. The average molecular weight is 413 g/mol. The number of hydrogen-bond acceptors (Lipinski definition) is 5. The Kier molecular flexibility index (Phi) is 5.25. The van der Waals surface area contributed by atoms with E-state index in [-0.39, 0.29) is 6.54 Å². The van der Waals surface area contributed by atoms with E-state index in [1.807, 2.05) is 6.07 Å². The van der Waals surface area contributed by atoms with Gasteiger partial charge in [0.15, 0.2) is 0 Å². The van der Waals surface area contributed by atoms with Crippen molar-refractivity contribution in [2.75, 3.05) is 50.0 Å². The number of hydrogen-bond donors (Lipinski definition) is 1. The fraction of sp³-hybridized carbons (Fsp3) is 0.286. The highest BCUT2D eigenvalue weighted by molar-refractivity contribution is 6.31. The molecule has 0 unspecified atom stereocenters. The maximum absolute atomic E-state index is 12.7. The molecule has 8 heteroatoms. The van der Waals surface area contributed by atoms with Crippen LogP contribution in [0.25, 0.3) is 0 Å². The average Bonchev–Trinajstić information content (AvgIpc) is 2.94. The van der Waals surface area contributed by atoms with Gasteiger partial charge >= 0.3 is 0 Å². The van der Waals surface area contributed by atoms with Crippen LogP contribution in [0.3, 0.4) is 0 Å². The van der Waals surface area contributed by atoms with E-state index in [4.69, 9.17) is 11.6 Å². The van der Waals surface area contributed by atoms with Crippen LogP contribution < -0.4 is 10.2 Å². The lowest BCUT2D eigenvalue weighted by atomic mass is 10.1. The number of piperazine rings is 1. The molecule has 2 aromatic carbocycles. The van der Waals surface area contributed by atoms with E-state index in [0.717, 1.165) is 36.8 Å². The van der Waals surface area contributed by atoms with Gasteiger partial charge in [-0.3, -0.25) is 19.3 Å². The molecular formula is C21H21ClN4O3. The van der Waals surface area contributed by atoms with E-state index in [1.165, 1.54) is 0 Å². The first-order chi connectivity index (χ1) is 13.9. The van der Waals surface area contributed by atoms with Gasteiger partial charge in [-0.2, -0.15) is 0 Å². The molecule has 0 saturated carbocycles. The van der Waals surface area contributed by atoms with Crippen LogP contribution in [-0.2, 0) is 4.79 Å². The SMILES string of the molecule is CN1CCN(c2ccc(Cl)cc2NC(=O)CN2C(=O)c3ccccc3C2=O)CC1. The van der Waals surface area contributed by atoms with Gasteiger partial charge < -0.3 is 15.1 Å². The van der Waals surface area contributed by atoms with Gasteiger partial charge in [-0.05, 0) is 37.4 Å². The molecule has 0 bridgehead atoms. The molecule has 150 valence electrons. The summed E-state index contributed by atoms with van der Waals surface area (Å²) in [6.45, 7) is 3.16. The smallest absolute Gasteiger partial charge is 0.262 e. The second-order valence-electron chi connectivity index (χ2n) is 7.24. The van der Waals surface area contributed by atoms with Crippen LogP contribution in [0.1, 0.15) is 20.7 Å². The number of imide groups is 1. The molecule has 0 radical (unpaired) electrons. The number of carbonyl (C=O) groups is 3. The third-order valence-corrected chi connectivity index (χ3v) is 5.49. The van der Waals surface area contributed by atoms with E-state index in [1.54, 1.807) is 36.4 Å². The van der Waals surface area contributed by atoms with Crippen molar-refractivity contribution in [2.24, 2.45) is 0 Å². The Bertz CT molecular complexity index is 951. The first-order valence-corrected chi connectivity index (χ1v) is 9.80. The number of nitrogens with one attached hydrogen (secondary N) is 1. The van der Waals surface area contributed by atoms with E-state index in [0.29, 0.717) is 21.8 Å². The molecule has 0 spiro atoms. The van der Waals surface area contributed by atoms with Crippen molar-refractivity contribution < 1.29 is 14.4 Å². The largest absolute Gasteiger partial charge is 0.367 e. The van der Waals surface area contributed by atoms with Crippen LogP contribution in [0.5, 0.6) is 0 Å². The summed E-state index contributed by atoms with van der Waals surface area (Å²) in [6.07, 6.45) is 0. The molecule has 1 N–H and O–H groups in total. The molecule has 4 rings (SSSR count). The normalized spacial score (nSPS) is 16.9.